The number of nitrogens with one attached hydrogen (secondary N) is 1. The van der Waals surface area contributed by atoms with Crippen LogP contribution in [0.5, 0.6) is 6.01 Å². The van der Waals surface area contributed by atoms with E-state index in [9.17, 15) is 4.79 Å². The number of carbonyl (C=O) groups excluding carboxylic acids is 1. The number of benzene rings is 1. The summed E-state index contributed by atoms with van der Waals surface area (Å²) in [5.74, 6) is -1.60. The van der Waals surface area contributed by atoms with Gasteiger partial charge in [0, 0.05) is 66.9 Å². The van der Waals surface area contributed by atoms with E-state index in [1.165, 1.54) is 11.0 Å². The average molecular weight is 605 g/mol. The summed E-state index contributed by atoms with van der Waals surface area (Å²) in [6.07, 6.45) is 7.73. The van der Waals surface area contributed by atoms with Crippen LogP contribution in [-0.4, -0.2) is 89.1 Å². The lowest BCUT2D eigenvalue weighted by molar-refractivity contribution is -0.129. The molecule has 5 heterocycles. The highest BCUT2D eigenvalue weighted by molar-refractivity contribution is 6.36. The van der Waals surface area contributed by atoms with Crippen LogP contribution in [0.15, 0.2) is 36.4 Å². The molecule has 1 aromatic carbocycles. The van der Waals surface area contributed by atoms with Gasteiger partial charge in [0.2, 0.25) is 0 Å². The number of likely N-dealkylation sites (N-methyl/N-ethyl adjacent to an activating group) is 1. The molecule has 224 valence electrons. The highest BCUT2D eigenvalue weighted by atomic mass is 35.5. The minimum atomic E-state index is -0.896. The molecule has 10 nitrogen and oxygen atoms in total. The summed E-state index contributed by atoms with van der Waals surface area (Å²) in [5, 5.41) is 14.7. The molecule has 2 saturated heterocycles. The van der Waals surface area contributed by atoms with Crippen LogP contribution in [0.3, 0.4) is 0 Å². The van der Waals surface area contributed by atoms with Crippen LogP contribution >= 0.6 is 11.6 Å². The number of nitriles is 1. The van der Waals surface area contributed by atoms with Gasteiger partial charge in [-0.2, -0.15) is 15.2 Å². The van der Waals surface area contributed by atoms with Crippen molar-refractivity contribution in [1.29, 1.82) is 5.26 Å². The number of ether oxygens (including phenoxy) is 1. The van der Waals surface area contributed by atoms with E-state index >= 15 is 4.39 Å². The molecule has 3 aliphatic rings. The van der Waals surface area contributed by atoms with Crippen LogP contribution in [0.2, 0.25) is 5.02 Å². The number of hydrogen-bond donors (Lipinski definition) is 1. The Morgan fingerprint density at radius 3 is 2.98 bits per heavy atom. The smallest absolute Gasteiger partial charge is 0.317 e. The molecule has 3 aromatic rings. The fraction of sp³-hybridized carbons (Fsp3) is 0.452. The Hall–Kier alpha value is -3.85. The van der Waals surface area contributed by atoms with E-state index in [1.54, 1.807) is 12.4 Å². The van der Waals surface area contributed by atoms with E-state index < -0.39 is 11.7 Å². The number of aromatic nitrogens is 3. The third-order valence-corrected chi connectivity index (χ3v) is 8.87. The summed E-state index contributed by atoms with van der Waals surface area (Å²) in [7, 11) is 2.07. The van der Waals surface area contributed by atoms with Crippen LogP contribution in [0.1, 0.15) is 36.2 Å². The van der Waals surface area contributed by atoms with Gasteiger partial charge >= 0.3 is 6.01 Å². The molecule has 43 heavy (non-hydrogen) atoms. The SMILES string of the molecule is CN1CCC[C@H]1COc1nc(C=C(F)C(=O)N2CCN[C@@H](CC#N)C2)c2c(n1)CN(c1cncc3cccc(Cl)c13)CC2. The van der Waals surface area contributed by atoms with Gasteiger partial charge in [-0.3, -0.25) is 9.78 Å². The molecule has 2 atom stereocenters. The van der Waals surface area contributed by atoms with Crippen molar-refractivity contribution in [3.63, 3.8) is 0 Å². The quantitative estimate of drug-likeness (QED) is 0.403. The number of rotatable bonds is 7. The largest absolute Gasteiger partial charge is 0.462 e. The van der Waals surface area contributed by atoms with Crippen molar-refractivity contribution in [2.75, 3.05) is 51.3 Å². The Bertz CT molecular complexity index is 1590. The zero-order valence-corrected chi connectivity index (χ0v) is 24.9. The maximum absolute atomic E-state index is 15.6. The molecule has 0 unspecified atom stereocenters. The molecule has 0 radical (unpaired) electrons. The van der Waals surface area contributed by atoms with Crippen molar-refractivity contribution in [2.45, 2.75) is 44.3 Å². The van der Waals surface area contributed by atoms with Gasteiger partial charge in [-0.1, -0.05) is 23.7 Å². The van der Waals surface area contributed by atoms with Gasteiger partial charge in [-0.25, -0.2) is 4.39 Å². The zero-order valence-electron chi connectivity index (χ0n) is 24.1. The van der Waals surface area contributed by atoms with E-state index in [0.717, 1.165) is 41.4 Å². The summed E-state index contributed by atoms with van der Waals surface area (Å²) in [6.45, 7) is 3.61. The average Bonchev–Trinajstić information content (AvgIpc) is 3.43. The predicted molar refractivity (Wildman–Crippen MR) is 162 cm³/mol. The Morgan fingerprint density at radius 2 is 2.16 bits per heavy atom. The second-order valence-electron chi connectivity index (χ2n) is 11.3. The number of amides is 1. The highest BCUT2D eigenvalue weighted by Crippen LogP contribution is 2.35. The van der Waals surface area contributed by atoms with Crippen LogP contribution in [0, 0.1) is 11.3 Å². The zero-order chi connectivity index (χ0) is 29.9. The highest BCUT2D eigenvalue weighted by Gasteiger charge is 2.29. The van der Waals surface area contributed by atoms with Gasteiger partial charge in [-0.05, 0) is 38.9 Å². The molecule has 0 aliphatic carbocycles. The van der Waals surface area contributed by atoms with E-state index in [2.05, 4.69) is 38.2 Å². The summed E-state index contributed by atoms with van der Waals surface area (Å²) in [4.78, 5) is 32.8. The van der Waals surface area contributed by atoms with Crippen LogP contribution in [-0.2, 0) is 17.8 Å². The summed E-state index contributed by atoms with van der Waals surface area (Å²) in [5.41, 5.74) is 2.74. The van der Waals surface area contributed by atoms with Crippen molar-refractivity contribution in [2.24, 2.45) is 0 Å². The molecular weight excluding hydrogens is 571 g/mol. The molecule has 6 rings (SSSR count). The molecular formula is C31H34ClFN8O2. The van der Waals surface area contributed by atoms with Crippen molar-refractivity contribution in [3.8, 4) is 12.1 Å². The Labute approximate surface area is 255 Å². The molecule has 0 saturated carbocycles. The Morgan fingerprint density at radius 1 is 1.28 bits per heavy atom. The van der Waals surface area contributed by atoms with Gasteiger partial charge < -0.3 is 24.8 Å². The van der Waals surface area contributed by atoms with Gasteiger partial charge in [0.25, 0.3) is 5.91 Å². The number of carbonyl (C=O) groups is 1. The number of piperazine rings is 1. The number of likely N-dealkylation sites (tertiary alicyclic amines) is 1. The van der Waals surface area contributed by atoms with Crippen LogP contribution in [0.25, 0.3) is 16.8 Å². The summed E-state index contributed by atoms with van der Waals surface area (Å²) < 4.78 is 21.7. The van der Waals surface area contributed by atoms with E-state index in [1.807, 2.05) is 18.2 Å². The monoisotopic (exact) mass is 604 g/mol. The van der Waals surface area contributed by atoms with Crippen molar-refractivity contribution in [3.05, 3.63) is 58.4 Å². The molecule has 0 spiro atoms. The number of halogens is 2. The summed E-state index contributed by atoms with van der Waals surface area (Å²) in [6, 6.07) is 8.10. The van der Waals surface area contributed by atoms with E-state index in [4.69, 9.17) is 26.6 Å². The van der Waals surface area contributed by atoms with Crippen molar-refractivity contribution >= 4 is 40.0 Å². The number of pyridine rings is 1. The molecule has 12 heteroatoms. The van der Waals surface area contributed by atoms with Gasteiger partial charge in [-0.15, -0.1) is 0 Å². The lowest BCUT2D eigenvalue weighted by atomic mass is 10.0. The fourth-order valence-electron chi connectivity index (χ4n) is 6.19. The topological polar surface area (TPSA) is 111 Å². The first-order chi connectivity index (χ1) is 20.9. The molecule has 0 bridgehead atoms. The molecule has 1 amide bonds. The Balaban J connectivity index is 1.31. The minimum Gasteiger partial charge on any atom is -0.462 e. The first-order valence-electron chi connectivity index (χ1n) is 14.7. The van der Waals surface area contributed by atoms with Gasteiger partial charge in [0.15, 0.2) is 5.83 Å². The number of fused-ring (bicyclic) bond motifs is 2. The standard InChI is InChI=1S/C31H34ClFN8O2/c1-39-11-3-5-22(39)19-43-31-37-26(14-25(33)30(42)41-13-10-36-21(17-41)7-9-34)23-8-12-40(18-27(23)38-31)28-16-35-15-20-4-2-6-24(32)29(20)28/h2,4,6,14-16,21-22,36H,3,5,7-8,10-13,17-19H2,1H3/t21-,22-/m0/s1. The minimum absolute atomic E-state index is 0.165. The molecule has 1 N–H and O–H groups in total. The molecule has 3 aliphatic heterocycles. The second kappa shape index (κ2) is 12.8. The number of anilines is 1. The lowest BCUT2D eigenvalue weighted by Gasteiger charge is -2.32. The first-order valence-corrected chi connectivity index (χ1v) is 15.1. The predicted octanol–water partition coefficient (Wildman–Crippen LogP) is 3.74. The number of nitrogens with zero attached hydrogens (tertiary/aromatic N) is 7. The van der Waals surface area contributed by atoms with Crippen LogP contribution in [0.4, 0.5) is 10.1 Å². The van der Waals surface area contributed by atoms with E-state index in [-0.39, 0.29) is 31.1 Å². The maximum Gasteiger partial charge on any atom is 0.317 e. The normalized spacial score (nSPS) is 21.1. The first kappa shape index (κ1) is 29.2. The fourth-order valence-corrected chi connectivity index (χ4v) is 6.47. The van der Waals surface area contributed by atoms with E-state index in [0.29, 0.717) is 55.6 Å². The third kappa shape index (κ3) is 6.27. The lowest BCUT2D eigenvalue weighted by Crippen LogP contribution is -2.52. The summed E-state index contributed by atoms with van der Waals surface area (Å²) >= 11 is 6.62. The second-order valence-corrected chi connectivity index (χ2v) is 11.7. The number of hydrogen-bond acceptors (Lipinski definition) is 9. The Kier molecular flexibility index (Phi) is 8.70. The van der Waals surface area contributed by atoms with Gasteiger partial charge in [0.05, 0.1) is 47.3 Å². The van der Waals surface area contributed by atoms with Crippen molar-refractivity contribution in [1.82, 2.24) is 30.1 Å². The third-order valence-electron chi connectivity index (χ3n) is 8.55. The van der Waals surface area contributed by atoms with Gasteiger partial charge in [0.1, 0.15) is 6.61 Å². The maximum atomic E-state index is 15.6. The van der Waals surface area contributed by atoms with Crippen molar-refractivity contribution < 1.29 is 13.9 Å². The van der Waals surface area contributed by atoms with Crippen LogP contribution < -0.4 is 15.0 Å². The molecule has 2 aromatic heterocycles. The molecule has 2 fully saturated rings.